The Morgan fingerprint density at radius 1 is 1.00 bits per heavy atom. The fourth-order valence-electron chi connectivity index (χ4n) is 3.65. The van der Waals surface area contributed by atoms with Crippen molar-refractivity contribution in [2.45, 2.75) is 19.3 Å². The van der Waals surface area contributed by atoms with Gasteiger partial charge in [-0.2, -0.15) is 0 Å². The first-order valence-electron chi connectivity index (χ1n) is 8.94. The second kappa shape index (κ2) is 6.75. The summed E-state index contributed by atoms with van der Waals surface area (Å²) in [6.45, 7) is 2.32. The molecule has 130 valence electrons. The number of amides is 2. The summed E-state index contributed by atoms with van der Waals surface area (Å²) in [7, 11) is 0. The Balaban J connectivity index is 1.38. The van der Waals surface area contributed by atoms with E-state index >= 15 is 0 Å². The van der Waals surface area contributed by atoms with Crippen molar-refractivity contribution in [1.82, 2.24) is 9.80 Å². The van der Waals surface area contributed by atoms with E-state index in [2.05, 4.69) is 12.2 Å². The summed E-state index contributed by atoms with van der Waals surface area (Å²) in [6.07, 6.45) is 7.02. The summed E-state index contributed by atoms with van der Waals surface area (Å²) in [5.41, 5.74) is 0.727. The van der Waals surface area contributed by atoms with Crippen LogP contribution in [0.3, 0.4) is 0 Å². The summed E-state index contributed by atoms with van der Waals surface area (Å²) < 4.78 is 5.67. The standard InChI is InChI=1S/C20H22N2O3/c23-19(15-6-2-1-3-7-15)21-10-12-22(13-11-21)20(24)18-14-16-8-4-5-9-17(16)25-18/h1-2,4-5,8-9,14-15H,3,6-7,10-13H2/t15-/m0/s1. The zero-order valence-corrected chi connectivity index (χ0v) is 14.2. The maximum Gasteiger partial charge on any atom is 0.289 e. The number of nitrogens with zero attached hydrogens (tertiary/aromatic N) is 2. The van der Waals surface area contributed by atoms with Crippen molar-refractivity contribution in [3.05, 3.63) is 48.2 Å². The highest BCUT2D eigenvalue weighted by molar-refractivity contribution is 5.96. The van der Waals surface area contributed by atoms with Crippen molar-refractivity contribution < 1.29 is 14.0 Å². The number of para-hydroxylation sites is 1. The van der Waals surface area contributed by atoms with Crippen molar-refractivity contribution in [1.29, 1.82) is 0 Å². The molecule has 2 heterocycles. The predicted molar refractivity (Wildman–Crippen MR) is 95.2 cm³/mol. The van der Waals surface area contributed by atoms with Crippen molar-refractivity contribution >= 4 is 22.8 Å². The van der Waals surface area contributed by atoms with E-state index in [-0.39, 0.29) is 17.7 Å². The largest absolute Gasteiger partial charge is 0.451 e. The normalized spacial score (nSPS) is 20.9. The monoisotopic (exact) mass is 338 g/mol. The van der Waals surface area contributed by atoms with Crippen LogP contribution in [-0.4, -0.2) is 47.8 Å². The minimum Gasteiger partial charge on any atom is -0.451 e. The van der Waals surface area contributed by atoms with Gasteiger partial charge in [0.1, 0.15) is 5.58 Å². The second-order valence-electron chi connectivity index (χ2n) is 6.75. The lowest BCUT2D eigenvalue weighted by Gasteiger charge is -2.36. The van der Waals surface area contributed by atoms with Gasteiger partial charge in [-0.05, 0) is 31.4 Å². The number of hydrogen-bond acceptors (Lipinski definition) is 3. The fraction of sp³-hybridized carbons (Fsp3) is 0.400. The van der Waals surface area contributed by atoms with Crippen molar-refractivity contribution in [3.8, 4) is 0 Å². The van der Waals surface area contributed by atoms with Crippen LogP contribution < -0.4 is 0 Å². The van der Waals surface area contributed by atoms with Gasteiger partial charge in [-0.3, -0.25) is 9.59 Å². The number of hydrogen-bond donors (Lipinski definition) is 0. The number of carbonyl (C=O) groups excluding carboxylic acids is 2. The highest BCUT2D eigenvalue weighted by atomic mass is 16.3. The summed E-state index contributed by atoms with van der Waals surface area (Å²) in [4.78, 5) is 28.9. The number of rotatable bonds is 2. The van der Waals surface area contributed by atoms with Gasteiger partial charge in [0.15, 0.2) is 5.76 Å². The third-order valence-electron chi connectivity index (χ3n) is 5.13. The van der Waals surface area contributed by atoms with E-state index in [1.165, 1.54) is 0 Å². The van der Waals surface area contributed by atoms with Crippen LogP contribution in [0.15, 0.2) is 46.9 Å². The number of fused-ring (bicyclic) bond motifs is 1. The lowest BCUT2D eigenvalue weighted by atomic mass is 9.93. The van der Waals surface area contributed by atoms with Gasteiger partial charge < -0.3 is 14.2 Å². The highest BCUT2D eigenvalue weighted by Crippen LogP contribution is 2.23. The smallest absolute Gasteiger partial charge is 0.289 e. The van der Waals surface area contributed by atoms with E-state index < -0.39 is 0 Å². The predicted octanol–water partition coefficient (Wildman–Crippen LogP) is 3.07. The lowest BCUT2D eigenvalue weighted by molar-refractivity contribution is -0.137. The maximum absolute atomic E-state index is 12.7. The third-order valence-corrected chi connectivity index (χ3v) is 5.13. The quantitative estimate of drug-likeness (QED) is 0.791. The van der Waals surface area contributed by atoms with Crippen molar-refractivity contribution in [2.75, 3.05) is 26.2 Å². The number of piperazine rings is 1. The van der Waals surface area contributed by atoms with Crippen molar-refractivity contribution in [2.24, 2.45) is 5.92 Å². The van der Waals surface area contributed by atoms with Crippen LogP contribution in [0.5, 0.6) is 0 Å². The first kappa shape index (κ1) is 15.9. The average molecular weight is 338 g/mol. The minimum atomic E-state index is -0.0936. The number of benzene rings is 1. The zero-order valence-electron chi connectivity index (χ0n) is 14.2. The molecule has 0 unspecified atom stereocenters. The van der Waals surface area contributed by atoms with Gasteiger partial charge in [0, 0.05) is 37.5 Å². The highest BCUT2D eigenvalue weighted by Gasteiger charge is 2.30. The Morgan fingerprint density at radius 3 is 2.48 bits per heavy atom. The minimum absolute atomic E-state index is 0.0936. The van der Waals surface area contributed by atoms with Crippen LogP contribution in [-0.2, 0) is 4.79 Å². The summed E-state index contributed by atoms with van der Waals surface area (Å²) >= 11 is 0. The molecule has 1 saturated heterocycles. The van der Waals surface area contributed by atoms with Gasteiger partial charge in [0.25, 0.3) is 5.91 Å². The summed E-state index contributed by atoms with van der Waals surface area (Å²) in [6, 6.07) is 9.41. The molecule has 0 spiro atoms. The molecule has 1 aromatic heterocycles. The Labute approximate surface area is 146 Å². The number of allylic oxidation sites excluding steroid dienone is 2. The van der Waals surface area contributed by atoms with Gasteiger partial charge in [-0.15, -0.1) is 0 Å². The van der Waals surface area contributed by atoms with Crippen LogP contribution in [0.4, 0.5) is 0 Å². The first-order chi connectivity index (χ1) is 12.2. The van der Waals surface area contributed by atoms with Gasteiger partial charge in [0.2, 0.25) is 5.91 Å². The van der Waals surface area contributed by atoms with E-state index in [4.69, 9.17) is 4.42 Å². The van der Waals surface area contributed by atoms with Crippen LogP contribution in [0.1, 0.15) is 29.8 Å². The summed E-state index contributed by atoms with van der Waals surface area (Å²) in [5, 5.41) is 0.935. The topological polar surface area (TPSA) is 53.8 Å². The maximum atomic E-state index is 12.7. The molecule has 1 aromatic carbocycles. The molecule has 0 N–H and O–H groups in total. The summed E-state index contributed by atoms with van der Waals surface area (Å²) in [5.74, 6) is 0.630. The molecular formula is C20H22N2O3. The Hall–Kier alpha value is -2.56. The molecule has 1 aliphatic heterocycles. The van der Waals surface area contributed by atoms with Gasteiger partial charge in [-0.1, -0.05) is 30.4 Å². The average Bonchev–Trinajstić information content (AvgIpc) is 3.12. The molecule has 1 aliphatic carbocycles. The molecular weight excluding hydrogens is 316 g/mol. The lowest BCUT2D eigenvalue weighted by Crippen LogP contribution is -2.52. The number of carbonyl (C=O) groups is 2. The van der Waals surface area contributed by atoms with E-state index in [0.717, 1.165) is 30.2 Å². The molecule has 1 atom stereocenters. The zero-order chi connectivity index (χ0) is 17.2. The molecule has 0 bridgehead atoms. The fourth-order valence-corrected chi connectivity index (χ4v) is 3.65. The van der Waals surface area contributed by atoms with E-state index in [1.807, 2.05) is 29.2 Å². The number of furan rings is 1. The Morgan fingerprint density at radius 2 is 1.76 bits per heavy atom. The van der Waals surface area contributed by atoms with E-state index in [9.17, 15) is 9.59 Å². The SMILES string of the molecule is O=C(c1cc2ccccc2o1)N1CCN(C(=O)[C@H]2CC=CCC2)CC1. The molecule has 5 nitrogen and oxygen atoms in total. The molecule has 5 heteroatoms. The van der Waals surface area contributed by atoms with Crippen LogP contribution >= 0.6 is 0 Å². The molecule has 4 rings (SSSR count). The van der Waals surface area contributed by atoms with Gasteiger partial charge >= 0.3 is 0 Å². The molecule has 2 aromatic rings. The molecule has 2 amide bonds. The van der Waals surface area contributed by atoms with Crippen LogP contribution in [0.25, 0.3) is 11.0 Å². The van der Waals surface area contributed by atoms with Gasteiger partial charge in [0.05, 0.1) is 0 Å². The molecule has 2 aliphatic rings. The van der Waals surface area contributed by atoms with Crippen molar-refractivity contribution in [3.63, 3.8) is 0 Å². The molecule has 25 heavy (non-hydrogen) atoms. The van der Waals surface area contributed by atoms with Crippen LogP contribution in [0, 0.1) is 5.92 Å². The van der Waals surface area contributed by atoms with Gasteiger partial charge in [-0.25, -0.2) is 0 Å². The van der Waals surface area contributed by atoms with E-state index in [1.54, 1.807) is 11.0 Å². The third kappa shape index (κ3) is 3.18. The first-order valence-corrected chi connectivity index (χ1v) is 8.94. The molecule has 0 radical (unpaired) electrons. The Kier molecular flexibility index (Phi) is 4.30. The Bertz CT molecular complexity index is 782. The van der Waals surface area contributed by atoms with Crippen LogP contribution in [0.2, 0.25) is 0 Å². The van der Waals surface area contributed by atoms with E-state index in [0.29, 0.717) is 31.9 Å². The molecule has 1 fully saturated rings. The molecule has 0 saturated carbocycles. The second-order valence-corrected chi connectivity index (χ2v) is 6.75.